The van der Waals surface area contributed by atoms with Gasteiger partial charge in [0, 0.05) is 17.3 Å². The second-order valence-corrected chi connectivity index (χ2v) is 5.70. The van der Waals surface area contributed by atoms with Gasteiger partial charge < -0.3 is 29.1 Å². The van der Waals surface area contributed by atoms with Crippen molar-refractivity contribution in [3.05, 3.63) is 42.0 Å². The third kappa shape index (κ3) is 5.71. The van der Waals surface area contributed by atoms with Crippen molar-refractivity contribution in [1.82, 2.24) is 0 Å². The quantitative estimate of drug-likeness (QED) is 0.534. The van der Waals surface area contributed by atoms with Gasteiger partial charge in [0.1, 0.15) is 13.2 Å². The van der Waals surface area contributed by atoms with E-state index < -0.39 is 12.5 Å². The second-order valence-electron chi connectivity index (χ2n) is 5.70. The minimum Gasteiger partial charge on any atom is -0.493 e. The molecule has 1 aliphatic heterocycles. The Balaban J connectivity index is 1.50. The maximum absolute atomic E-state index is 12.3. The predicted octanol–water partition coefficient (Wildman–Crippen LogP) is 3.06. The van der Waals surface area contributed by atoms with E-state index in [4.69, 9.17) is 19.0 Å². The van der Waals surface area contributed by atoms with Crippen LogP contribution in [-0.4, -0.2) is 45.7 Å². The Bertz CT molecular complexity index is 891. The fourth-order valence-electron chi connectivity index (χ4n) is 2.47. The summed E-state index contributed by atoms with van der Waals surface area (Å²) in [6, 6.07) is 9.30. The number of fused-ring (bicyclic) bond motifs is 1. The summed E-state index contributed by atoms with van der Waals surface area (Å²) in [4.78, 5) is 16.9. The van der Waals surface area contributed by atoms with E-state index in [2.05, 4.69) is 15.2 Å². The number of nitrogens with zero attached hydrogens (tertiary/aromatic N) is 1. The third-order valence-electron chi connectivity index (χ3n) is 3.70. The number of alkyl halides is 2. The van der Waals surface area contributed by atoms with Gasteiger partial charge in [-0.05, 0) is 30.3 Å². The van der Waals surface area contributed by atoms with E-state index in [0.29, 0.717) is 36.0 Å². The monoisotopic (exact) mass is 408 g/mol. The van der Waals surface area contributed by atoms with Crippen molar-refractivity contribution in [2.24, 2.45) is 5.16 Å². The third-order valence-corrected chi connectivity index (χ3v) is 3.70. The van der Waals surface area contributed by atoms with Gasteiger partial charge in [-0.2, -0.15) is 8.78 Å². The number of methoxy groups -OCH3 is 1. The average Bonchev–Trinajstić information content (AvgIpc) is 2.71. The number of carbonyl (C=O) groups is 1. The number of amides is 1. The van der Waals surface area contributed by atoms with Gasteiger partial charge in [0.2, 0.25) is 0 Å². The van der Waals surface area contributed by atoms with Gasteiger partial charge in [0.05, 0.1) is 13.3 Å². The minimum absolute atomic E-state index is 0.0978. The zero-order chi connectivity index (χ0) is 20.6. The van der Waals surface area contributed by atoms with Gasteiger partial charge in [-0.25, -0.2) is 0 Å². The van der Waals surface area contributed by atoms with Crippen molar-refractivity contribution in [2.45, 2.75) is 6.61 Å². The number of halogens is 2. The molecule has 1 amide bonds. The van der Waals surface area contributed by atoms with Crippen molar-refractivity contribution in [1.29, 1.82) is 0 Å². The summed E-state index contributed by atoms with van der Waals surface area (Å²) < 4.78 is 44.8. The molecule has 0 aliphatic carbocycles. The summed E-state index contributed by atoms with van der Waals surface area (Å²) in [7, 11) is 1.33. The predicted molar refractivity (Wildman–Crippen MR) is 99.2 cm³/mol. The lowest BCUT2D eigenvalue weighted by molar-refractivity contribution is -0.120. The SMILES string of the molecule is COc1cc(/C=N\OCC(=O)Nc2ccc3c(c2)OCCO3)ccc1OC(F)F. The lowest BCUT2D eigenvalue weighted by Gasteiger charge is -2.18. The van der Waals surface area contributed by atoms with Gasteiger partial charge in [-0.1, -0.05) is 5.16 Å². The maximum atomic E-state index is 12.3. The van der Waals surface area contributed by atoms with E-state index in [1.807, 2.05) is 0 Å². The highest BCUT2D eigenvalue weighted by molar-refractivity contribution is 5.92. The molecule has 8 nitrogen and oxygen atoms in total. The number of benzene rings is 2. The van der Waals surface area contributed by atoms with Crippen molar-refractivity contribution < 1.29 is 37.4 Å². The maximum Gasteiger partial charge on any atom is 0.387 e. The number of rotatable bonds is 8. The molecule has 29 heavy (non-hydrogen) atoms. The summed E-state index contributed by atoms with van der Waals surface area (Å²) in [5.74, 6) is 0.777. The van der Waals surface area contributed by atoms with Crippen LogP contribution in [0.1, 0.15) is 5.56 Å². The molecule has 0 spiro atoms. The zero-order valence-corrected chi connectivity index (χ0v) is 15.4. The second kappa shape index (κ2) is 9.58. The molecule has 1 N–H and O–H groups in total. The van der Waals surface area contributed by atoms with Gasteiger partial charge in [0.25, 0.3) is 5.91 Å². The molecule has 2 aromatic rings. The molecule has 0 radical (unpaired) electrons. The molecule has 0 atom stereocenters. The molecule has 1 aliphatic rings. The van der Waals surface area contributed by atoms with Crippen molar-refractivity contribution in [2.75, 3.05) is 32.2 Å². The van der Waals surface area contributed by atoms with Crippen LogP contribution < -0.4 is 24.3 Å². The van der Waals surface area contributed by atoms with E-state index in [1.165, 1.54) is 31.5 Å². The summed E-state index contributed by atoms with van der Waals surface area (Å²) in [6.45, 7) is -2.35. The first kappa shape index (κ1) is 20.2. The zero-order valence-electron chi connectivity index (χ0n) is 15.4. The molecular formula is C19H18F2N2O6. The van der Waals surface area contributed by atoms with Crippen LogP contribution >= 0.6 is 0 Å². The lowest BCUT2D eigenvalue weighted by Crippen LogP contribution is -2.18. The molecule has 10 heteroatoms. The van der Waals surface area contributed by atoms with Gasteiger partial charge >= 0.3 is 6.61 Å². The molecule has 2 aromatic carbocycles. The van der Waals surface area contributed by atoms with Crippen LogP contribution in [0.25, 0.3) is 0 Å². The first-order valence-electron chi connectivity index (χ1n) is 8.53. The lowest BCUT2D eigenvalue weighted by atomic mass is 10.2. The van der Waals surface area contributed by atoms with Gasteiger partial charge in [-0.3, -0.25) is 4.79 Å². The standard InChI is InChI=1S/C19H18F2N2O6/c1-25-16-8-12(2-4-15(16)29-19(20)21)10-22-28-11-18(24)23-13-3-5-14-17(9-13)27-7-6-26-14/h2-5,8-10,19H,6-7,11H2,1H3,(H,23,24)/b22-10-. The number of carbonyl (C=O) groups excluding carboxylic acids is 1. The number of nitrogens with one attached hydrogen (secondary N) is 1. The molecule has 0 saturated heterocycles. The largest absolute Gasteiger partial charge is 0.493 e. The highest BCUT2D eigenvalue weighted by Gasteiger charge is 2.13. The summed E-state index contributed by atoms with van der Waals surface area (Å²) in [6.07, 6.45) is 1.31. The molecule has 154 valence electrons. The highest BCUT2D eigenvalue weighted by Crippen LogP contribution is 2.32. The topological polar surface area (TPSA) is 87.6 Å². The normalized spacial score (nSPS) is 12.7. The molecule has 3 rings (SSSR count). The number of oxime groups is 1. The van der Waals surface area contributed by atoms with E-state index in [0.717, 1.165) is 0 Å². The Morgan fingerprint density at radius 3 is 2.72 bits per heavy atom. The Morgan fingerprint density at radius 2 is 1.97 bits per heavy atom. The van der Waals surface area contributed by atoms with E-state index in [-0.39, 0.29) is 18.1 Å². The highest BCUT2D eigenvalue weighted by atomic mass is 19.3. The molecule has 0 saturated carbocycles. The van der Waals surface area contributed by atoms with Crippen LogP contribution in [0.15, 0.2) is 41.6 Å². The van der Waals surface area contributed by atoms with Crippen LogP contribution in [0.4, 0.5) is 14.5 Å². The van der Waals surface area contributed by atoms with E-state index >= 15 is 0 Å². The molecule has 0 aromatic heterocycles. The first-order chi connectivity index (χ1) is 14.0. The Morgan fingerprint density at radius 1 is 1.17 bits per heavy atom. The number of anilines is 1. The number of ether oxygens (including phenoxy) is 4. The fourth-order valence-corrected chi connectivity index (χ4v) is 2.47. The average molecular weight is 408 g/mol. The Hall–Kier alpha value is -3.56. The summed E-state index contributed by atoms with van der Waals surface area (Å²) in [5, 5.41) is 6.34. The smallest absolute Gasteiger partial charge is 0.387 e. The van der Waals surface area contributed by atoms with Crippen LogP contribution in [-0.2, 0) is 9.63 Å². The van der Waals surface area contributed by atoms with Crippen molar-refractivity contribution >= 4 is 17.8 Å². The number of hydrogen-bond donors (Lipinski definition) is 1. The number of hydrogen-bond acceptors (Lipinski definition) is 7. The van der Waals surface area contributed by atoms with Crippen molar-refractivity contribution in [3.8, 4) is 23.0 Å². The summed E-state index contributed by atoms with van der Waals surface area (Å²) in [5.41, 5.74) is 1.04. The van der Waals surface area contributed by atoms with Crippen LogP contribution in [0.3, 0.4) is 0 Å². The molecule has 0 unspecified atom stereocenters. The Kier molecular flexibility index (Phi) is 6.67. The Labute approximate surface area is 164 Å². The molecular weight excluding hydrogens is 390 g/mol. The summed E-state index contributed by atoms with van der Waals surface area (Å²) >= 11 is 0. The van der Waals surface area contributed by atoms with E-state index in [9.17, 15) is 13.6 Å². The minimum atomic E-state index is -2.96. The van der Waals surface area contributed by atoms with Crippen LogP contribution in [0, 0.1) is 0 Å². The fraction of sp³-hybridized carbons (Fsp3) is 0.263. The van der Waals surface area contributed by atoms with Gasteiger partial charge in [0.15, 0.2) is 29.6 Å². The van der Waals surface area contributed by atoms with Crippen LogP contribution in [0.2, 0.25) is 0 Å². The first-order valence-corrected chi connectivity index (χ1v) is 8.53. The molecule has 0 fully saturated rings. The van der Waals surface area contributed by atoms with Gasteiger partial charge in [-0.15, -0.1) is 0 Å². The van der Waals surface area contributed by atoms with E-state index in [1.54, 1.807) is 18.2 Å². The van der Waals surface area contributed by atoms with Crippen LogP contribution in [0.5, 0.6) is 23.0 Å². The molecule has 1 heterocycles. The molecule has 0 bridgehead atoms. The van der Waals surface area contributed by atoms with Crippen molar-refractivity contribution in [3.63, 3.8) is 0 Å².